The summed E-state index contributed by atoms with van der Waals surface area (Å²) in [4.78, 5) is 25.9. The first-order valence-corrected chi connectivity index (χ1v) is 12.7. The monoisotopic (exact) mass is 548 g/mol. The van der Waals surface area contributed by atoms with Crippen molar-refractivity contribution >= 4 is 0 Å². The fourth-order valence-electron chi connectivity index (χ4n) is 5.13. The van der Waals surface area contributed by atoms with E-state index in [0.29, 0.717) is 17.1 Å². The number of hydrogen-bond donors (Lipinski definition) is 2. The van der Waals surface area contributed by atoms with Crippen molar-refractivity contribution in [2.75, 3.05) is 20.8 Å². The van der Waals surface area contributed by atoms with Crippen LogP contribution in [-0.2, 0) is 15.1 Å². The van der Waals surface area contributed by atoms with E-state index in [1.165, 1.54) is 14.2 Å². The van der Waals surface area contributed by atoms with Crippen molar-refractivity contribution in [3.8, 4) is 11.5 Å². The van der Waals surface area contributed by atoms with Crippen LogP contribution >= 0.6 is 0 Å². The van der Waals surface area contributed by atoms with Crippen LogP contribution in [0.15, 0.2) is 101 Å². The largest absolute Gasteiger partial charge is 0.493 e. The second kappa shape index (κ2) is 11.5. The lowest BCUT2D eigenvalue weighted by atomic mass is 9.79. The molecule has 0 spiro atoms. The fraction of sp³-hybridized carbons (Fsp3) is 0.267. The van der Waals surface area contributed by atoms with Crippen molar-refractivity contribution in [3.63, 3.8) is 0 Å². The minimum atomic E-state index is -1.95. The Labute approximate surface area is 229 Å². The van der Waals surface area contributed by atoms with Gasteiger partial charge in [-0.25, -0.2) is 9.18 Å². The third kappa shape index (κ3) is 4.81. The molecule has 5 rings (SSSR count). The maximum atomic E-state index is 15.3. The number of alkyl halides is 1. The topological polar surface area (TPSA) is 112 Å². The molecule has 0 bridgehead atoms. The van der Waals surface area contributed by atoms with Crippen molar-refractivity contribution in [3.05, 3.63) is 129 Å². The molecule has 1 fully saturated rings. The van der Waals surface area contributed by atoms with Gasteiger partial charge in [0.25, 0.3) is 5.56 Å². The number of H-pyrrole nitrogens is 1. The molecule has 0 saturated carbocycles. The lowest BCUT2D eigenvalue weighted by molar-refractivity contribution is -0.0954. The van der Waals surface area contributed by atoms with E-state index in [-0.39, 0.29) is 6.61 Å². The average molecular weight is 549 g/mol. The zero-order valence-electron chi connectivity index (χ0n) is 21.9. The van der Waals surface area contributed by atoms with Crippen molar-refractivity contribution in [2.45, 2.75) is 30.2 Å². The molecule has 1 saturated heterocycles. The van der Waals surface area contributed by atoms with E-state index in [2.05, 4.69) is 4.98 Å². The van der Waals surface area contributed by atoms with Crippen molar-refractivity contribution < 1.29 is 28.4 Å². The number of methoxy groups -OCH3 is 2. The summed E-state index contributed by atoms with van der Waals surface area (Å²) < 4.78 is 40.2. The zero-order chi connectivity index (χ0) is 28.3. The Morgan fingerprint density at radius 2 is 1.57 bits per heavy atom. The lowest BCUT2D eigenvalue weighted by Crippen LogP contribution is -2.39. The molecule has 0 amide bonds. The molecule has 0 unspecified atom stereocenters. The van der Waals surface area contributed by atoms with E-state index in [9.17, 15) is 14.7 Å². The number of aromatic amines is 1. The summed E-state index contributed by atoms with van der Waals surface area (Å²) in [6.07, 6.45) is -5.04. The molecule has 4 aromatic rings. The van der Waals surface area contributed by atoms with Crippen LogP contribution in [0.1, 0.15) is 22.9 Å². The van der Waals surface area contributed by atoms with Gasteiger partial charge in [0, 0.05) is 17.8 Å². The van der Waals surface area contributed by atoms with Crippen molar-refractivity contribution in [1.82, 2.24) is 9.55 Å². The number of ether oxygens (including phenoxy) is 4. The predicted molar refractivity (Wildman–Crippen MR) is 144 cm³/mol. The van der Waals surface area contributed by atoms with Crippen LogP contribution < -0.4 is 20.7 Å². The number of para-hydroxylation sites is 1. The molecule has 2 N–H and O–H groups in total. The fourth-order valence-corrected chi connectivity index (χ4v) is 5.13. The molecular weight excluding hydrogens is 519 g/mol. The van der Waals surface area contributed by atoms with Crippen LogP contribution in [0, 0.1) is 0 Å². The molecule has 1 aliphatic heterocycles. The molecule has 4 atom stereocenters. The molecule has 0 aliphatic carbocycles. The first-order valence-electron chi connectivity index (χ1n) is 12.7. The first kappa shape index (κ1) is 27.3. The summed E-state index contributed by atoms with van der Waals surface area (Å²) in [6.45, 7) is -0.264. The summed E-state index contributed by atoms with van der Waals surface area (Å²) >= 11 is 0. The Morgan fingerprint density at radius 3 is 2.15 bits per heavy atom. The maximum Gasteiger partial charge on any atom is 0.330 e. The predicted octanol–water partition coefficient (Wildman–Crippen LogP) is 3.16. The molecule has 0 radical (unpaired) electrons. The minimum Gasteiger partial charge on any atom is -0.493 e. The van der Waals surface area contributed by atoms with E-state index >= 15 is 4.39 Å². The quantitative estimate of drug-likeness (QED) is 0.309. The Hall–Kier alpha value is -4.25. The molecule has 9 nitrogen and oxygen atoms in total. The summed E-state index contributed by atoms with van der Waals surface area (Å²) in [7, 11) is 3.07. The van der Waals surface area contributed by atoms with Gasteiger partial charge < -0.3 is 24.1 Å². The number of rotatable bonds is 9. The Balaban J connectivity index is 1.60. The van der Waals surface area contributed by atoms with Crippen LogP contribution in [0.5, 0.6) is 11.5 Å². The van der Waals surface area contributed by atoms with Crippen molar-refractivity contribution in [2.24, 2.45) is 0 Å². The van der Waals surface area contributed by atoms with Gasteiger partial charge in [-0.05, 0) is 17.2 Å². The van der Waals surface area contributed by atoms with Gasteiger partial charge in [-0.1, -0.05) is 72.8 Å². The normalized spacial score (nSPS) is 20.8. The van der Waals surface area contributed by atoms with Crippen molar-refractivity contribution in [1.29, 1.82) is 0 Å². The third-order valence-corrected chi connectivity index (χ3v) is 7.03. The van der Waals surface area contributed by atoms with Gasteiger partial charge in [-0.3, -0.25) is 14.3 Å². The van der Waals surface area contributed by atoms with E-state index < -0.39 is 41.5 Å². The summed E-state index contributed by atoms with van der Waals surface area (Å²) in [5.74, 6) is 0.921. The van der Waals surface area contributed by atoms with E-state index in [1.54, 1.807) is 6.07 Å². The van der Waals surface area contributed by atoms with Crippen LogP contribution in [0.2, 0.25) is 0 Å². The van der Waals surface area contributed by atoms with Crippen LogP contribution in [0.4, 0.5) is 4.39 Å². The highest BCUT2D eigenvalue weighted by molar-refractivity contribution is 5.57. The van der Waals surface area contributed by atoms with Gasteiger partial charge in [-0.2, -0.15) is 0 Å². The molecule has 208 valence electrons. The Kier molecular flexibility index (Phi) is 7.83. The first-order chi connectivity index (χ1) is 19.4. The van der Waals surface area contributed by atoms with Gasteiger partial charge in [0.15, 0.2) is 23.9 Å². The Morgan fingerprint density at radius 1 is 0.925 bits per heavy atom. The molecular formula is C30H29FN2O7. The molecule has 40 heavy (non-hydrogen) atoms. The number of aliphatic hydroxyl groups is 1. The number of aromatic nitrogens is 2. The second-order valence-corrected chi connectivity index (χ2v) is 9.28. The zero-order valence-corrected chi connectivity index (χ0v) is 21.9. The summed E-state index contributed by atoms with van der Waals surface area (Å²) in [6, 6.07) is 25.4. The van der Waals surface area contributed by atoms with E-state index in [4.69, 9.17) is 18.9 Å². The van der Waals surface area contributed by atoms with Gasteiger partial charge in [0.1, 0.15) is 17.8 Å². The highest BCUT2D eigenvalue weighted by Gasteiger charge is 2.48. The number of nitrogens with zero attached hydrogens (tertiary/aromatic N) is 1. The average Bonchev–Trinajstić information content (AvgIpc) is 3.27. The molecule has 1 aliphatic rings. The number of aliphatic hydroxyl groups excluding tert-OH is 1. The van der Waals surface area contributed by atoms with Gasteiger partial charge in [0.2, 0.25) is 0 Å². The van der Waals surface area contributed by atoms with Crippen LogP contribution in [0.3, 0.4) is 0 Å². The minimum absolute atomic E-state index is 0.264. The number of halogens is 1. The second-order valence-electron chi connectivity index (χ2n) is 9.28. The highest BCUT2D eigenvalue weighted by Crippen LogP contribution is 2.48. The van der Waals surface area contributed by atoms with E-state index in [0.717, 1.165) is 28.0 Å². The molecule has 3 aromatic carbocycles. The SMILES string of the molecule is COc1cccc(C(OC[C@H]2O[C@@H](n3ccc(=O)[nH]c3=O)[C@H](F)[C@@H]2O)(c2ccccc2)c2ccccc2)c1OC. The Bertz CT molecular complexity index is 1520. The van der Waals surface area contributed by atoms with E-state index in [1.807, 2.05) is 72.8 Å². The number of hydrogen-bond acceptors (Lipinski definition) is 7. The number of benzene rings is 3. The third-order valence-electron chi connectivity index (χ3n) is 7.03. The smallest absolute Gasteiger partial charge is 0.330 e. The number of nitrogens with one attached hydrogen (secondary N) is 1. The molecule has 2 heterocycles. The summed E-state index contributed by atoms with van der Waals surface area (Å²) in [5, 5.41) is 10.8. The van der Waals surface area contributed by atoms with Gasteiger partial charge in [-0.15, -0.1) is 0 Å². The maximum absolute atomic E-state index is 15.3. The molecule has 10 heteroatoms. The molecule has 1 aromatic heterocycles. The summed E-state index contributed by atoms with van der Waals surface area (Å²) in [5.41, 5.74) is -0.680. The van der Waals surface area contributed by atoms with Crippen LogP contribution in [-0.4, -0.2) is 53.9 Å². The van der Waals surface area contributed by atoms with Gasteiger partial charge in [0.05, 0.1) is 20.8 Å². The highest BCUT2D eigenvalue weighted by atomic mass is 19.1. The van der Waals surface area contributed by atoms with Gasteiger partial charge >= 0.3 is 5.69 Å². The van der Waals surface area contributed by atoms with Crippen LogP contribution in [0.25, 0.3) is 0 Å². The standard InChI is InChI=1S/C30H29FN2O7/c1-37-22-15-9-14-21(27(22)38-2)30(19-10-5-3-6-11-19,20-12-7-4-8-13-20)39-18-23-26(35)25(31)28(40-23)33-17-16-24(34)32-29(33)36/h3-17,23,25-26,28,35H,18H2,1-2H3,(H,32,34,36)/t23-,25-,26-,28-/m1/s1. The lowest BCUT2D eigenvalue weighted by Gasteiger charge is -2.37.